The van der Waals surface area contributed by atoms with Gasteiger partial charge in [0.2, 0.25) is 0 Å². The Morgan fingerprint density at radius 1 is 1.20 bits per heavy atom. The molecule has 3 N–H and O–H groups in total. The van der Waals surface area contributed by atoms with Gasteiger partial charge in [0.25, 0.3) is 5.91 Å². The van der Waals surface area contributed by atoms with E-state index in [2.05, 4.69) is 30.6 Å². The predicted molar refractivity (Wildman–Crippen MR) is 154 cm³/mol. The van der Waals surface area contributed by atoms with Crippen molar-refractivity contribution >= 4 is 19.4 Å². The molecule has 1 aliphatic rings. The number of piperazine rings is 1. The molecule has 1 aliphatic heterocycles. The lowest BCUT2D eigenvalue weighted by molar-refractivity contribution is 0.0305. The maximum absolute atomic E-state index is 13.8. The van der Waals surface area contributed by atoms with Crippen LogP contribution in [-0.4, -0.2) is 52.3 Å². The van der Waals surface area contributed by atoms with Crippen molar-refractivity contribution in [2.45, 2.75) is 37.9 Å². The third-order valence-corrected chi connectivity index (χ3v) is 7.69. The highest BCUT2D eigenvalue weighted by molar-refractivity contribution is 7.46. The van der Waals surface area contributed by atoms with Gasteiger partial charge in [0, 0.05) is 43.0 Å². The van der Waals surface area contributed by atoms with Crippen molar-refractivity contribution in [3.05, 3.63) is 108 Å². The van der Waals surface area contributed by atoms with Crippen molar-refractivity contribution in [2.24, 2.45) is 0 Å². The van der Waals surface area contributed by atoms with E-state index in [1.807, 2.05) is 24.3 Å². The first kappa shape index (κ1) is 29.6. The molecule has 1 saturated heterocycles. The minimum atomic E-state index is -4.77. The number of phosphoric ester groups is 1. The summed E-state index contributed by atoms with van der Waals surface area (Å²) in [6.45, 7) is 9.56. The van der Waals surface area contributed by atoms with Crippen LogP contribution in [0.15, 0.2) is 85.5 Å². The Labute approximate surface area is 234 Å². The average molecular weight is 568 g/mol. The number of hydrogen-bond acceptors (Lipinski definition) is 5. The zero-order valence-corrected chi connectivity index (χ0v) is 23.7. The smallest absolute Gasteiger partial charge is 0.404 e. The van der Waals surface area contributed by atoms with E-state index in [0.29, 0.717) is 30.8 Å². The van der Waals surface area contributed by atoms with Gasteiger partial charge in [-0.1, -0.05) is 36.4 Å². The van der Waals surface area contributed by atoms with Crippen LogP contribution >= 0.6 is 7.82 Å². The minimum absolute atomic E-state index is 0.0440. The fourth-order valence-corrected chi connectivity index (χ4v) is 5.65. The number of rotatable bonds is 9. The number of halogens is 1. The summed E-state index contributed by atoms with van der Waals surface area (Å²) in [6.07, 6.45) is 2.56. The number of benzene rings is 3. The third-order valence-electron chi connectivity index (χ3n) is 7.24. The molecular formula is C30H35FN3O5P. The van der Waals surface area contributed by atoms with Crippen LogP contribution in [0.1, 0.15) is 47.8 Å². The van der Waals surface area contributed by atoms with Gasteiger partial charge in [-0.05, 0) is 73.9 Å². The van der Waals surface area contributed by atoms with Crippen LogP contribution in [0.5, 0.6) is 5.75 Å². The molecule has 3 aromatic carbocycles. The molecular weight excluding hydrogens is 532 g/mol. The largest absolute Gasteiger partial charge is 0.524 e. The second kappa shape index (κ2) is 12.0. The molecule has 3 aromatic rings. The number of amides is 1. The monoisotopic (exact) mass is 567 g/mol. The van der Waals surface area contributed by atoms with E-state index in [0.717, 1.165) is 11.1 Å². The molecule has 1 fully saturated rings. The average Bonchev–Trinajstić information content (AvgIpc) is 2.90. The molecule has 0 aromatic heterocycles. The zero-order valence-electron chi connectivity index (χ0n) is 22.8. The van der Waals surface area contributed by atoms with Gasteiger partial charge in [0.05, 0.1) is 6.04 Å². The number of nitrogens with one attached hydrogen (secondary N) is 1. The summed E-state index contributed by atoms with van der Waals surface area (Å²) in [5.41, 5.74) is 2.07. The van der Waals surface area contributed by atoms with Crippen molar-refractivity contribution in [1.29, 1.82) is 0 Å². The Morgan fingerprint density at radius 3 is 2.55 bits per heavy atom. The molecule has 40 heavy (non-hydrogen) atoms. The van der Waals surface area contributed by atoms with Crippen LogP contribution in [0, 0.1) is 5.82 Å². The van der Waals surface area contributed by atoms with E-state index in [9.17, 15) is 23.5 Å². The molecule has 3 atom stereocenters. The van der Waals surface area contributed by atoms with E-state index in [1.54, 1.807) is 43.4 Å². The van der Waals surface area contributed by atoms with Crippen LogP contribution in [0.25, 0.3) is 0 Å². The number of carbonyl (C=O) groups excluding carboxylic acids is 1. The Kier molecular flexibility index (Phi) is 8.93. The van der Waals surface area contributed by atoms with Crippen LogP contribution in [0.2, 0.25) is 0 Å². The Bertz CT molecular complexity index is 1430. The van der Waals surface area contributed by atoms with Gasteiger partial charge in [-0.2, -0.15) is 0 Å². The predicted octanol–water partition coefficient (Wildman–Crippen LogP) is 5.29. The second-order valence-corrected chi connectivity index (χ2v) is 11.6. The number of carbonyl (C=O) groups is 1. The minimum Gasteiger partial charge on any atom is -0.404 e. The molecule has 0 unspecified atom stereocenters. The summed E-state index contributed by atoms with van der Waals surface area (Å²) < 4.78 is 30.3. The number of hydrogen-bond donors (Lipinski definition) is 3. The lowest BCUT2D eigenvalue weighted by Crippen LogP contribution is -2.63. The van der Waals surface area contributed by atoms with Crippen molar-refractivity contribution < 1.29 is 28.1 Å². The van der Waals surface area contributed by atoms with Crippen LogP contribution < -0.4 is 14.7 Å². The third kappa shape index (κ3) is 6.86. The van der Waals surface area contributed by atoms with Crippen LogP contribution in [0.4, 0.5) is 10.1 Å². The molecule has 10 heteroatoms. The maximum Gasteiger partial charge on any atom is 0.524 e. The molecule has 1 amide bonds. The van der Waals surface area contributed by atoms with Gasteiger partial charge < -0.3 is 14.7 Å². The summed E-state index contributed by atoms with van der Waals surface area (Å²) >= 11 is 0. The first-order valence-corrected chi connectivity index (χ1v) is 14.5. The van der Waals surface area contributed by atoms with Gasteiger partial charge in [-0.3, -0.25) is 19.5 Å². The SMILES string of the molecule is C=CC[C@@]1(C)CN[C@H](C)CN1[C@@H](c1cccc(OP(=O)(O)O)c1)c1cccc(C(=O)N(C)c2cccc(F)c2)c1. The molecule has 0 aliphatic carbocycles. The Hall–Kier alpha value is -3.33. The van der Waals surface area contributed by atoms with E-state index in [4.69, 9.17) is 4.52 Å². The Morgan fingerprint density at radius 2 is 1.88 bits per heavy atom. The summed E-state index contributed by atoms with van der Waals surface area (Å²) in [5, 5.41) is 3.55. The fourth-order valence-electron chi connectivity index (χ4n) is 5.26. The summed E-state index contributed by atoms with van der Waals surface area (Å²) in [4.78, 5) is 36.1. The molecule has 0 bridgehead atoms. The van der Waals surface area contributed by atoms with Gasteiger partial charge >= 0.3 is 7.82 Å². The van der Waals surface area contributed by atoms with Gasteiger partial charge in [-0.25, -0.2) is 8.96 Å². The first-order valence-electron chi connectivity index (χ1n) is 13.0. The number of anilines is 1. The van der Waals surface area contributed by atoms with Gasteiger partial charge in [0.15, 0.2) is 0 Å². The van der Waals surface area contributed by atoms with Crippen molar-refractivity contribution in [3.8, 4) is 5.75 Å². The lowest BCUT2D eigenvalue weighted by atomic mass is 9.85. The Balaban J connectivity index is 1.81. The number of phosphoric acid groups is 1. The molecule has 0 radical (unpaired) electrons. The maximum atomic E-state index is 13.8. The normalized spacial score (nSPS) is 20.5. The summed E-state index contributed by atoms with van der Waals surface area (Å²) in [7, 11) is -3.17. The van der Waals surface area contributed by atoms with Crippen molar-refractivity contribution in [3.63, 3.8) is 0 Å². The highest BCUT2D eigenvalue weighted by Crippen LogP contribution is 2.42. The molecule has 212 valence electrons. The van der Waals surface area contributed by atoms with E-state index in [-0.39, 0.29) is 29.3 Å². The van der Waals surface area contributed by atoms with Gasteiger partial charge in [0.1, 0.15) is 11.6 Å². The highest BCUT2D eigenvalue weighted by Gasteiger charge is 2.41. The quantitative estimate of drug-likeness (QED) is 0.239. The molecule has 4 rings (SSSR count). The number of nitrogens with zero attached hydrogens (tertiary/aromatic N) is 2. The summed E-state index contributed by atoms with van der Waals surface area (Å²) in [6, 6.07) is 19.6. The molecule has 8 nitrogen and oxygen atoms in total. The van der Waals surface area contributed by atoms with Crippen LogP contribution in [-0.2, 0) is 4.57 Å². The second-order valence-electron chi connectivity index (χ2n) is 10.5. The van der Waals surface area contributed by atoms with E-state index >= 15 is 0 Å². The van der Waals surface area contributed by atoms with Crippen molar-refractivity contribution in [1.82, 2.24) is 10.2 Å². The molecule has 1 heterocycles. The summed E-state index contributed by atoms with van der Waals surface area (Å²) in [5.74, 6) is -0.687. The van der Waals surface area contributed by atoms with E-state index in [1.165, 1.54) is 23.1 Å². The van der Waals surface area contributed by atoms with Crippen LogP contribution in [0.3, 0.4) is 0 Å². The standard InChI is InChI=1S/C30H35FN3O5P/c1-5-15-30(3)20-32-21(2)19-34(30)28(23-10-7-14-27(17-23)39-40(36,37)38)22-9-6-11-24(16-22)29(35)33(4)26-13-8-12-25(31)18-26/h5-14,16-18,21,28,32H,1,15,19-20H2,2-4H3,(H2,36,37,38)/t21-,28-,30+/m1/s1. The molecule has 0 spiro atoms. The van der Waals surface area contributed by atoms with Crippen molar-refractivity contribution in [2.75, 3.05) is 25.0 Å². The van der Waals surface area contributed by atoms with E-state index < -0.39 is 13.6 Å². The zero-order chi connectivity index (χ0) is 29.1. The van der Waals surface area contributed by atoms with Gasteiger partial charge in [-0.15, -0.1) is 6.58 Å². The highest BCUT2D eigenvalue weighted by atomic mass is 31.2. The lowest BCUT2D eigenvalue weighted by Gasteiger charge is -2.51. The molecule has 0 saturated carbocycles. The fraction of sp³-hybridized carbons (Fsp3) is 0.300. The topological polar surface area (TPSA) is 102 Å². The first-order chi connectivity index (χ1) is 18.9.